The Kier molecular flexibility index (Phi) is 78.3. The molecule has 0 aliphatic rings. The van der Waals surface area contributed by atoms with Gasteiger partial charge in [-0.05, 0) is 89.9 Å². The summed E-state index contributed by atoms with van der Waals surface area (Å²) in [6.45, 7) is 4.98. The normalized spacial score (nSPS) is 12.7. The number of nitrogens with one attached hydrogen (secondary N) is 1. The Hall–Kier alpha value is -2.18. The van der Waals surface area contributed by atoms with Crippen LogP contribution in [0.2, 0.25) is 0 Å². The smallest absolute Gasteiger partial charge is 0.305 e. The van der Waals surface area contributed by atoms with E-state index in [2.05, 4.69) is 67.8 Å². The van der Waals surface area contributed by atoms with Gasteiger partial charge in [0.25, 0.3) is 0 Å². The first-order chi connectivity index (χ1) is 45.0. The lowest BCUT2D eigenvalue weighted by molar-refractivity contribution is -0.143. The lowest BCUT2D eigenvalue weighted by Gasteiger charge is -2.22. The predicted molar refractivity (Wildman–Crippen MR) is 402 cm³/mol. The number of rotatable bonds is 78. The molecule has 0 heterocycles. The van der Waals surface area contributed by atoms with Crippen molar-refractivity contribution in [3.8, 4) is 0 Å². The van der Waals surface area contributed by atoms with Crippen molar-refractivity contribution in [2.75, 3.05) is 13.2 Å². The summed E-state index contributed by atoms with van der Waals surface area (Å²) < 4.78 is 5.50. The first-order valence-electron chi connectivity index (χ1n) is 41.4. The Balaban J connectivity index is 3.37. The molecule has 0 aromatic heterocycles. The van der Waals surface area contributed by atoms with Gasteiger partial charge in [0.2, 0.25) is 5.91 Å². The van der Waals surface area contributed by atoms with Crippen LogP contribution in [0, 0.1) is 0 Å². The molecule has 0 aliphatic carbocycles. The first-order valence-corrected chi connectivity index (χ1v) is 41.4. The van der Waals surface area contributed by atoms with Gasteiger partial charge in [-0.2, -0.15) is 0 Å². The molecule has 536 valence electrons. The van der Waals surface area contributed by atoms with E-state index in [0.29, 0.717) is 25.9 Å². The van der Waals surface area contributed by atoms with E-state index < -0.39 is 12.1 Å². The highest BCUT2D eigenvalue weighted by Gasteiger charge is 2.20. The Morgan fingerprint density at radius 2 is 0.549 bits per heavy atom. The summed E-state index contributed by atoms with van der Waals surface area (Å²) >= 11 is 0. The maximum Gasteiger partial charge on any atom is 0.305 e. The number of aliphatic hydroxyl groups excluding tert-OH is 2. The highest BCUT2D eigenvalue weighted by molar-refractivity contribution is 5.76. The molecule has 1 amide bonds. The predicted octanol–water partition coefficient (Wildman–Crippen LogP) is 27.5. The molecule has 0 bridgehead atoms. The molecule has 0 aromatic rings. The van der Waals surface area contributed by atoms with Gasteiger partial charge in [0.1, 0.15) is 0 Å². The third-order valence-corrected chi connectivity index (χ3v) is 19.4. The second-order valence-electron chi connectivity index (χ2n) is 28.5. The number of carbonyl (C=O) groups excluding carboxylic acids is 2. The van der Waals surface area contributed by atoms with Crippen molar-refractivity contribution >= 4 is 11.9 Å². The van der Waals surface area contributed by atoms with Gasteiger partial charge < -0.3 is 20.3 Å². The molecule has 0 saturated carbocycles. The summed E-state index contributed by atoms with van der Waals surface area (Å²) in [4.78, 5) is 24.7. The number of unbranched alkanes of at least 4 members (excludes halogenated alkanes) is 59. The van der Waals surface area contributed by atoms with Gasteiger partial charge in [-0.3, -0.25) is 9.59 Å². The largest absolute Gasteiger partial charge is 0.466 e. The maximum absolute atomic E-state index is 12.6. The fourth-order valence-corrected chi connectivity index (χ4v) is 13.1. The molecule has 0 spiro atoms. The second-order valence-corrected chi connectivity index (χ2v) is 28.5. The van der Waals surface area contributed by atoms with Gasteiger partial charge >= 0.3 is 5.97 Å². The summed E-state index contributed by atoms with van der Waals surface area (Å²) in [7, 11) is 0. The third-order valence-electron chi connectivity index (χ3n) is 19.4. The van der Waals surface area contributed by atoms with E-state index in [1.165, 1.54) is 366 Å². The van der Waals surface area contributed by atoms with Crippen LogP contribution in [0.5, 0.6) is 0 Å². The fourth-order valence-electron chi connectivity index (χ4n) is 13.1. The summed E-state index contributed by atoms with van der Waals surface area (Å²) in [6, 6.07) is -0.541. The average molecular weight is 1280 g/mol. The van der Waals surface area contributed by atoms with Crippen molar-refractivity contribution < 1.29 is 24.5 Å². The number of hydrogen-bond donors (Lipinski definition) is 3. The number of allylic oxidation sites excluding steroid dienone is 8. The number of hydrogen-bond acceptors (Lipinski definition) is 5. The van der Waals surface area contributed by atoms with Crippen molar-refractivity contribution in [2.45, 2.75) is 469 Å². The van der Waals surface area contributed by atoms with E-state index in [-0.39, 0.29) is 18.5 Å². The van der Waals surface area contributed by atoms with E-state index in [0.717, 1.165) is 57.8 Å². The second kappa shape index (κ2) is 80.3. The number of amides is 1. The zero-order valence-corrected chi connectivity index (χ0v) is 61.6. The zero-order chi connectivity index (χ0) is 65.6. The van der Waals surface area contributed by atoms with E-state index >= 15 is 0 Å². The molecule has 0 aliphatic heterocycles. The molecule has 0 fully saturated rings. The van der Waals surface area contributed by atoms with E-state index in [4.69, 9.17) is 4.74 Å². The molecule has 0 radical (unpaired) electrons. The summed E-state index contributed by atoms with van der Waals surface area (Å²) in [6.07, 6.45) is 106. The third kappa shape index (κ3) is 76.7. The molecule has 0 saturated heterocycles. The van der Waals surface area contributed by atoms with Crippen molar-refractivity contribution in [2.24, 2.45) is 0 Å². The van der Waals surface area contributed by atoms with Crippen LogP contribution in [0.1, 0.15) is 457 Å². The van der Waals surface area contributed by atoms with Crippen LogP contribution in [0.3, 0.4) is 0 Å². The molecule has 6 nitrogen and oxygen atoms in total. The molecule has 0 rings (SSSR count). The molecule has 3 N–H and O–H groups in total. The minimum absolute atomic E-state index is 0.00578. The van der Waals surface area contributed by atoms with Crippen molar-refractivity contribution in [1.29, 1.82) is 0 Å². The number of carbonyl (C=O) groups is 2. The van der Waals surface area contributed by atoms with Gasteiger partial charge in [0.05, 0.1) is 25.4 Å². The topological polar surface area (TPSA) is 95.9 Å². The lowest BCUT2D eigenvalue weighted by Crippen LogP contribution is -2.45. The zero-order valence-electron chi connectivity index (χ0n) is 61.6. The quantitative estimate of drug-likeness (QED) is 0.0320. The van der Waals surface area contributed by atoms with Crippen LogP contribution in [0.15, 0.2) is 48.6 Å². The molecule has 91 heavy (non-hydrogen) atoms. The Bertz CT molecular complexity index is 1520. The monoisotopic (exact) mass is 1280 g/mol. The SMILES string of the molecule is CCCCCC/C=C\C/C=C\CCCCCCCC(=O)OCCCCCCCCCCCCCCC/C=C\C/C=C\CCCCCCCCCCCCCCCCCCCC(=O)NC(CO)C(O)CCCCCCCCCCCCCCCCCCCCCCC. The number of esters is 1. The van der Waals surface area contributed by atoms with Gasteiger partial charge in [-0.1, -0.05) is 403 Å². The van der Waals surface area contributed by atoms with E-state index in [1.807, 2.05) is 0 Å². The van der Waals surface area contributed by atoms with Crippen LogP contribution in [-0.4, -0.2) is 47.4 Å². The summed E-state index contributed by atoms with van der Waals surface area (Å²) in [5.74, 6) is -0.0216. The van der Waals surface area contributed by atoms with Crippen LogP contribution >= 0.6 is 0 Å². The van der Waals surface area contributed by atoms with Gasteiger partial charge in [-0.25, -0.2) is 0 Å². The molecule has 6 heteroatoms. The van der Waals surface area contributed by atoms with Crippen molar-refractivity contribution in [1.82, 2.24) is 5.32 Å². The standard InChI is InChI=1S/C85H161NO5/c1-3-5-7-9-11-13-15-17-19-21-22-40-43-46-49-53-57-61-65-69-73-77-83(88)82(81-87)86-84(89)78-74-70-66-62-58-54-50-47-44-41-38-36-34-32-30-28-26-24-23-25-27-29-31-33-35-37-39-42-45-48-52-56-60-64-68-72-76-80-91-85(90)79-75-71-67-63-59-55-51-20-18-16-14-12-10-8-6-4-2/h14,16,20,23,25,29,31,51,82-83,87-88H,3-13,15,17-19,21-22,24,26-28,30,32-50,52-81H2,1-2H3,(H,86,89)/b16-14-,25-23-,31-29-,51-20-. The molecular weight excluding hydrogens is 1110 g/mol. The van der Waals surface area contributed by atoms with E-state index in [1.54, 1.807) is 0 Å². The molecule has 0 aromatic carbocycles. The van der Waals surface area contributed by atoms with Gasteiger partial charge in [0, 0.05) is 12.8 Å². The maximum atomic E-state index is 12.6. The van der Waals surface area contributed by atoms with Crippen LogP contribution in [-0.2, 0) is 14.3 Å². The highest BCUT2D eigenvalue weighted by Crippen LogP contribution is 2.20. The van der Waals surface area contributed by atoms with Crippen LogP contribution < -0.4 is 5.32 Å². The van der Waals surface area contributed by atoms with Crippen LogP contribution in [0.25, 0.3) is 0 Å². The first kappa shape index (κ1) is 88.8. The Labute approximate surface area is 569 Å². The number of ether oxygens (including phenoxy) is 1. The molecule has 2 unspecified atom stereocenters. The van der Waals surface area contributed by atoms with Gasteiger partial charge in [-0.15, -0.1) is 0 Å². The Morgan fingerprint density at radius 1 is 0.308 bits per heavy atom. The highest BCUT2D eigenvalue weighted by atomic mass is 16.5. The minimum Gasteiger partial charge on any atom is -0.466 e. The van der Waals surface area contributed by atoms with E-state index in [9.17, 15) is 19.8 Å². The lowest BCUT2D eigenvalue weighted by atomic mass is 10.0. The molecule has 2 atom stereocenters. The Morgan fingerprint density at radius 3 is 0.846 bits per heavy atom. The summed E-state index contributed by atoms with van der Waals surface area (Å²) in [5, 5.41) is 23.5. The number of aliphatic hydroxyl groups is 2. The average Bonchev–Trinajstić information content (AvgIpc) is 3.66. The van der Waals surface area contributed by atoms with Crippen molar-refractivity contribution in [3.05, 3.63) is 48.6 Å². The minimum atomic E-state index is -0.664. The fraction of sp³-hybridized carbons (Fsp3) is 0.882. The van der Waals surface area contributed by atoms with Crippen molar-refractivity contribution in [3.63, 3.8) is 0 Å². The molecular formula is C85H161NO5. The van der Waals surface area contributed by atoms with Crippen LogP contribution in [0.4, 0.5) is 0 Å². The summed E-state index contributed by atoms with van der Waals surface area (Å²) in [5.41, 5.74) is 0. The van der Waals surface area contributed by atoms with Gasteiger partial charge in [0.15, 0.2) is 0 Å².